The summed E-state index contributed by atoms with van der Waals surface area (Å²) >= 11 is 0. The molecule has 0 aromatic rings. The minimum Gasteiger partial charge on any atom is -0.391 e. The quantitative estimate of drug-likeness (QED) is 0.776. The monoisotopic (exact) mass is 242 g/mol. The number of nitrogens with zero attached hydrogens (tertiary/aromatic N) is 1. The number of carbonyl (C=O) groups excluding carboxylic acids is 1. The summed E-state index contributed by atoms with van der Waals surface area (Å²) in [6.07, 6.45) is 4.19. The van der Waals surface area contributed by atoms with Gasteiger partial charge in [0.25, 0.3) is 0 Å². The summed E-state index contributed by atoms with van der Waals surface area (Å²) in [5.41, 5.74) is 5.22. The smallest absolute Gasteiger partial charge is 0.229 e. The molecule has 0 radical (unpaired) electrons. The van der Waals surface area contributed by atoms with E-state index in [0.717, 1.165) is 32.1 Å². The minimum atomic E-state index is -0.494. The summed E-state index contributed by atoms with van der Waals surface area (Å²) in [6.45, 7) is 4.24. The van der Waals surface area contributed by atoms with E-state index >= 15 is 0 Å². The van der Waals surface area contributed by atoms with Gasteiger partial charge in [0.05, 0.1) is 17.6 Å². The van der Waals surface area contributed by atoms with E-state index in [2.05, 4.69) is 0 Å². The van der Waals surface area contributed by atoms with E-state index < -0.39 is 5.41 Å². The van der Waals surface area contributed by atoms with Crippen LogP contribution < -0.4 is 5.73 Å². The van der Waals surface area contributed by atoms with Crippen LogP contribution in [0.2, 0.25) is 0 Å². The van der Waals surface area contributed by atoms with Gasteiger partial charge < -0.3 is 15.7 Å². The Balaban J connectivity index is 2.74. The Morgan fingerprint density at radius 1 is 1.47 bits per heavy atom. The average Bonchev–Trinajstić information content (AvgIpc) is 2.36. The van der Waals surface area contributed by atoms with E-state index in [1.165, 1.54) is 0 Å². The molecule has 3 unspecified atom stereocenters. The average molecular weight is 242 g/mol. The molecule has 100 valence electrons. The fourth-order valence-electron chi connectivity index (χ4n) is 2.50. The SMILES string of the molecule is CCC(C)(CN)C(=O)N(C)C1CCCCC1O. The lowest BCUT2D eigenvalue weighted by Gasteiger charge is -2.39. The van der Waals surface area contributed by atoms with E-state index in [9.17, 15) is 9.90 Å². The van der Waals surface area contributed by atoms with Gasteiger partial charge in [-0.2, -0.15) is 0 Å². The van der Waals surface area contributed by atoms with Gasteiger partial charge in [0.1, 0.15) is 0 Å². The Morgan fingerprint density at radius 3 is 2.53 bits per heavy atom. The molecule has 0 aromatic carbocycles. The summed E-state index contributed by atoms with van der Waals surface area (Å²) < 4.78 is 0. The van der Waals surface area contributed by atoms with Crippen molar-refractivity contribution in [1.29, 1.82) is 0 Å². The lowest BCUT2D eigenvalue weighted by atomic mass is 9.84. The number of aliphatic hydroxyl groups excluding tert-OH is 1. The highest BCUT2D eigenvalue weighted by molar-refractivity contribution is 5.82. The molecule has 1 aliphatic carbocycles. The molecule has 3 N–H and O–H groups in total. The van der Waals surface area contributed by atoms with Crippen LogP contribution in [0.4, 0.5) is 0 Å². The molecule has 17 heavy (non-hydrogen) atoms. The van der Waals surface area contributed by atoms with E-state index in [1.807, 2.05) is 13.8 Å². The first-order valence-electron chi connectivity index (χ1n) is 6.61. The predicted molar refractivity (Wildman–Crippen MR) is 68.5 cm³/mol. The van der Waals surface area contributed by atoms with Crippen molar-refractivity contribution < 1.29 is 9.90 Å². The van der Waals surface area contributed by atoms with Gasteiger partial charge in [-0.05, 0) is 26.2 Å². The number of aliphatic hydroxyl groups is 1. The largest absolute Gasteiger partial charge is 0.391 e. The Labute approximate surface area is 104 Å². The second-order valence-electron chi connectivity index (χ2n) is 5.45. The van der Waals surface area contributed by atoms with Crippen molar-refractivity contribution >= 4 is 5.91 Å². The number of nitrogens with two attached hydrogens (primary N) is 1. The number of likely N-dealkylation sites (N-methyl/N-ethyl adjacent to an activating group) is 1. The molecule has 0 aromatic heterocycles. The summed E-state index contributed by atoms with van der Waals surface area (Å²) in [7, 11) is 1.80. The van der Waals surface area contributed by atoms with Crippen molar-refractivity contribution in [3.63, 3.8) is 0 Å². The maximum atomic E-state index is 12.4. The van der Waals surface area contributed by atoms with Crippen LogP contribution in [0.15, 0.2) is 0 Å². The van der Waals surface area contributed by atoms with Crippen LogP contribution in [-0.2, 0) is 4.79 Å². The van der Waals surface area contributed by atoms with Crippen LogP contribution in [0.5, 0.6) is 0 Å². The first-order chi connectivity index (χ1) is 7.96. The molecule has 0 heterocycles. The minimum absolute atomic E-state index is 0.0336. The fraction of sp³-hybridized carbons (Fsp3) is 0.923. The van der Waals surface area contributed by atoms with Crippen LogP contribution in [-0.4, -0.2) is 41.7 Å². The first-order valence-corrected chi connectivity index (χ1v) is 6.61. The number of rotatable bonds is 4. The Morgan fingerprint density at radius 2 is 2.06 bits per heavy atom. The molecule has 1 rings (SSSR count). The summed E-state index contributed by atoms with van der Waals surface area (Å²) in [6, 6.07) is -0.0336. The van der Waals surface area contributed by atoms with Crippen LogP contribution in [0.25, 0.3) is 0 Å². The molecule has 4 nitrogen and oxygen atoms in total. The molecular weight excluding hydrogens is 216 g/mol. The van der Waals surface area contributed by atoms with Crippen molar-refractivity contribution in [2.24, 2.45) is 11.1 Å². The van der Waals surface area contributed by atoms with Crippen LogP contribution in [0.1, 0.15) is 46.0 Å². The van der Waals surface area contributed by atoms with Crippen molar-refractivity contribution in [3.05, 3.63) is 0 Å². The van der Waals surface area contributed by atoms with E-state index in [0.29, 0.717) is 6.54 Å². The molecule has 1 amide bonds. The third kappa shape index (κ3) is 2.99. The molecule has 0 spiro atoms. The Hall–Kier alpha value is -0.610. The number of carbonyl (C=O) groups is 1. The zero-order chi connectivity index (χ0) is 13.1. The van der Waals surface area contributed by atoms with Gasteiger partial charge in [0.15, 0.2) is 0 Å². The first kappa shape index (κ1) is 14.5. The highest BCUT2D eigenvalue weighted by atomic mass is 16.3. The maximum absolute atomic E-state index is 12.4. The topological polar surface area (TPSA) is 66.6 Å². The van der Waals surface area contributed by atoms with Gasteiger partial charge >= 0.3 is 0 Å². The molecule has 4 heteroatoms. The second kappa shape index (κ2) is 5.83. The number of amides is 1. The maximum Gasteiger partial charge on any atom is 0.229 e. The molecule has 0 bridgehead atoms. The highest BCUT2D eigenvalue weighted by Crippen LogP contribution is 2.28. The van der Waals surface area contributed by atoms with E-state index in [4.69, 9.17) is 5.73 Å². The van der Waals surface area contributed by atoms with Gasteiger partial charge in [0.2, 0.25) is 5.91 Å². The van der Waals surface area contributed by atoms with Crippen molar-refractivity contribution in [3.8, 4) is 0 Å². The molecule has 1 aliphatic rings. The molecule has 1 saturated carbocycles. The van der Waals surface area contributed by atoms with Crippen LogP contribution in [0.3, 0.4) is 0 Å². The predicted octanol–water partition coefficient (Wildman–Crippen LogP) is 1.12. The zero-order valence-electron chi connectivity index (χ0n) is 11.3. The lowest BCUT2D eigenvalue weighted by Crippen LogP contribution is -2.52. The van der Waals surface area contributed by atoms with Gasteiger partial charge in [-0.1, -0.05) is 19.8 Å². The van der Waals surface area contributed by atoms with Gasteiger partial charge in [-0.25, -0.2) is 0 Å². The second-order valence-corrected chi connectivity index (χ2v) is 5.45. The van der Waals surface area contributed by atoms with Crippen LogP contribution >= 0.6 is 0 Å². The third-order valence-electron chi connectivity index (χ3n) is 4.26. The number of hydrogen-bond acceptors (Lipinski definition) is 3. The van der Waals surface area contributed by atoms with Crippen molar-refractivity contribution in [2.45, 2.75) is 58.1 Å². The van der Waals surface area contributed by atoms with Gasteiger partial charge in [0, 0.05) is 13.6 Å². The summed E-state index contributed by atoms with van der Waals surface area (Å²) in [5, 5.41) is 9.97. The van der Waals surface area contributed by atoms with E-state index in [1.54, 1.807) is 11.9 Å². The highest BCUT2D eigenvalue weighted by Gasteiger charge is 2.37. The molecule has 0 aliphatic heterocycles. The fourth-order valence-corrected chi connectivity index (χ4v) is 2.50. The molecular formula is C13H26N2O2. The van der Waals surface area contributed by atoms with E-state index in [-0.39, 0.29) is 18.1 Å². The number of hydrogen-bond donors (Lipinski definition) is 2. The Bertz CT molecular complexity index is 264. The normalized spacial score (nSPS) is 28.5. The van der Waals surface area contributed by atoms with Crippen molar-refractivity contribution in [1.82, 2.24) is 4.90 Å². The lowest BCUT2D eigenvalue weighted by molar-refractivity contribution is -0.145. The zero-order valence-corrected chi connectivity index (χ0v) is 11.3. The third-order valence-corrected chi connectivity index (χ3v) is 4.26. The molecule has 1 fully saturated rings. The summed E-state index contributed by atoms with van der Waals surface area (Å²) in [5.74, 6) is 0.0634. The molecule has 0 saturated heterocycles. The van der Waals surface area contributed by atoms with Crippen LogP contribution in [0, 0.1) is 5.41 Å². The Kier molecular flexibility index (Phi) is 4.95. The standard InChI is InChI=1S/C13H26N2O2/c1-4-13(2,9-14)12(17)15(3)10-7-5-6-8-11(10)16/h10-11,16H,4-9,14H2,1-3H3. The van der Waals surface area contributed by atoms with Gasteiger partial charge in [-0.3, -0.25) is 4.79 Å². The summed E-state index contributed by atoms with van der Waals surface area (Å²) in [4.78, 5) is 14.1. The van der Waals surface area contributed by atoms with Gasteiger partial charge in [-0.15, -0.1) is 0 Å². The van der Waals surface area contributed by atoms with Crippen molar-refractivity contribution in [2.75, 3.05) is 13.6 Å². The molecule has 3 atom stereocenters.